The summed E-state index contributed by atoms with van der Waals surface area (Å²) in [6.45, 7) is 1.22. The second-order valence-electron chi connectivity index (χ2n) is 5.75. The number of anilines is 1. The zero-order chi connectivity index (χ0) is 18.6. The lowest BCUT2D eigenvalue weighted by atomic mass is 10.1. The number of amides is 1. The molecule has 0 spiro atoms. The van der Waals surface area contributed by atoms with Gasteiger partial charge in [-0.1, -0.05) is 23.4 Å². The molecule has 0 aliphatic carbocycles. The average molecular weight is 413 g/mol. The SMILES string of the molecule is CC(=O)N=C1S[C@@H]2CS(=O)(=O)C[C@H]2N1c1ccc(Cl)c(C(F)(F)F)c1. The van der Waals surface area contributed by atoms with E-state index in [0.717, 1.165) is 23.9 Å². The van der Waals surface area contributed by atoms with Crippen LogP contribution in [0.4, 0.5) is 18.9 Å². The van der Waals surface area contributed by atoms with Crippen LogP contribution in [0, 0.1) is 0 Å². The van der Waals surface area contributed by atoms with Crippen molar-refractivity contribution in [1.29, 1.82) is 0 Å². The van der Waals surface area contributed by atoms with Crippen molar-refractivity contribution in [2.75, 3.05) is 16.4 Å². The maximum absolute atomic E-state index is 13.1. The van der Waals surface area contributed by atoms with Gasteiger partial charge in [0.1, 0.15) is 0 Å². The molecule has 0 aromatic heterocycles. The van der Waals surface area contributed by atoms with Crippen LogP contribution < -0.4 is 4.90 Å². The molecule has 0 bridgehead atoms. The zero-order valence-corrected chi connectivity index (χ0v) is 15.1. The molecule has 136 valence electrons. The third-order valence-electron chi connectivity index (χ3n) is 3.85. The molecule has 2 aliphatic heterocycles. The number of carbonyl (C=O) groups excluding carboxylic acids is 1. The Morgan fingerprint density at radius 2 is 2.04 bits per heavy atom. The molecular weight excluding hydrogens is 401 g/mol. The van der Waals surface area contributed by atoms with Crippen molar-refractivity contribution in [3.63, 3.8) is 0 Å². The third kappa shape index (κ3) is 3.65. The Bertz CT molecular complexity index is 871. The molecule has 0 unspecified atom stereocenters. The van der Waals surface area contributed by atoms with E-state index in [1.165, 1.54) is 17.9 Å². The molecule has 5 nitrogen and oxygen atoms in total. The van der Waals surface area contributed by atoms with Crippen LogP contribution in [0.1, 0.15) is 12.5 Å². The van der Waals surface area contributed by atoms with Crippen molar-refractivity contribution in [2.24, 2.45) is 4.99 Å². The fraction of sp³-hybridized carbons (Fsp3) is 0.429. The molecule has 2 saturated heterocycles. The number of rotatable bonds is 1. The first-order chi connectivity index (χ1) is 11.5. The molecule has 3 rings (SSSR count). The summed E-state index contributed by atoms with van der Waals surface area (Å²) < 4.78 is 63.1. The van der Waals surface area contributed by atoms with E-state index in [9.17, 15) is 26.4 Å². The predicted octanol–water partition coefficient (Wildman–Crippen LogP) is 2.98. The molecule has 2 fully saturated rings. The number of halogens is 4. The van der Waals surface area contributed by atoms with Gasteiger partial charge >= 0.3 is 6.18 Å². The summed E-state index contributed by atoms with van der Waals surface area (Å²) >= 11 is 6.73. The van der Waals surface area contributed by atoms with E-state index in [4.69, 9.17) is 11.6 Å². The summed E-state index contributed by atoms with van der Waals surface area (Å²) in [5.41, 5.74) is -0.919. The van der Waals surface area contributed by atoms with E-state index in [1.807, 2.05) is 0 Å². The zero-order valence-electron chi connectivity index (χ0n) is 12.7. The number of hydrogen-bond donors (Lipinski definition) is 0. The summed E-state index contributed by atoms with van der Waals surface area (Å²) in [5.74, 6) is -0.818. The first-order valence-corrected chi connectivity index (χ1v) is 10.2. The van der Waals surface area contributed by atoms with Gasteiger partial charge in [-0.2, -0.15) is 18.2 Å². The fourth-order valence-corrected chi connectivity index (χ4v) is 7.06. The second-order valence-corrected chi connectivity index (χ2v) is 9.51. The van der Waals surface area contributed by atoms with Gasteiger partial charge < -0.3 is 4.90 Å². The second kappa shape index (κ2) is 6.17. The molecule has 1 amide bonds. The van der Waals surface area contributed by atoms with Crippen molar-refractivity contribution in [3.8, 4) is 0 Å². The summed E-state index contributed by atoms with van der Waals surface area (Å²) in [5, 5.41) is -0.635. The van der Waals surface area contributed by atoms with E-state index in [0.29, 0.717) is 0 Å². The quantitative estimate of drug-likeness (QED) is 0.709. The highest BCUT2D eigenvalue weighted by Gasteiger charge is 2.49. The molecule has 0 N–H and O–H groups in total. The van der Waals surface area contributed by atoms with Gasteiger partial charge in [0.2, 0.25) is 5.91 Å². The minimum Gasteiger partial charge on any atom is -0.316 e. The predicted molar refractivity (Wildman–Crippen MR) is 90.9 cm³/mol. The number of amidine groups is 1. The van der Waals surface area contributed by atoms with E-state index >= 15 is 0 Å². The standard InChI is InChI=1S/C14H12ClF3N2O3S2/c1-7(21)19-13-20(11-5-25(22,23)6-12(11)24-13)8-2-3-10(15)9(4-8)14(16,17)18/h2-4,11-12H,5-6H2,1H3/t11-,12-/m1/s1. The van der Waals surface area contributed by atoms with Gasteiger partial charge in [0.15, 0.2) is 15.0 Å². The Labute approximate surface area is 151 Å². The van der Waals surface area contributed by atoms with E-state index in [1.54, 1.807) is 0 Å². The molecule has 0 saturated carbocycles. The van der Waals surface area contributed by atoms with Crippen molar-refractivity contribution in [2.45, 2.75) is 24.4 Å². The Morgan fingerprint density at radius 1 is 1.36 bits per heavy atom. The van der Waals surface area contributed by atoms with Crippen LogP contribution in [-0.2, 0) is 20.8 Å². The summed E-state index contributed by atoms with van der Waals surface area (Å²) in [6.07, 6.45) is -4.65. The molecular formula is C14H12ClF3N2O3S2. The number of aliphatic imine (C=N–C) groups is 1. The largest absolute Gasteiger partial charge is 0.417 e. The number of carbonyl (C=O) groups is 1. The molecule has 2 atom stereocenters. The summed E-state index contributed by atoms with van der Waals surface area (Å²) in [4.78, 5) is 16.6. The van der Waals surface area contributed by atoms with Crippen LogP contribution in [0.2, 0.25) is 5.02 Å². The van der Waals surface area contributed by atoms with Gasteiger partial charge in [0.05, 0.1) is 28.1 Å². The minimum absolute atomic E-state index is 0.102. The first kappa shape index (κ1) is 18.5. The van der Waals surface area contributed by atoms with Crippen LogP contribution in [0.5, 0.6) is 0 Å². The smallest absolute Gasteiger partial charge is 0.316 e. The van der Waals surface area contributed by atoms with Gasteiger partial charge in [-0.3, -0.25) is 4.79 Å². The lowest BCUT2D eigenvalue weighted by Crippen LogP contribution is -2.37. The van der Waals surface area contributed by atoms with E-state index in [2.05, 4.69) is 4.99 Å². The summed E-state index contributed by atoms with van der Waals surface area (Å²) in [6, 6.07) is 2.75. The van der Waals surface area contributed by atoms with Crippen molar-refractivity contribution in [1.82, 2.24) is 0 Å². The summed E-state index contributed by atoms with van der Waals surface area (Å²) in [7, 11) is -3.30. The van der Waals surface area contributed by atoms with Gasteiger partial charge in [-0.05, 0) is 18.2 Å². The van der Waals surface area contributed by atoms with Crippen molar-refractivity contribution in [3.05, 3.63) is 28.8 Å². The first-order valence-electron chi connectivity index (χ1n) is 7.10. The minimum atomic E-state index is -4.65. The van der Waals surface area contributed by atoms with Gasteiger partial charge in [0, 0.05) is 17.9 Å². The van der Waals surface area contributed by atoms with Gasteiger partial charge in [-0.25, -0.2) is 8.42 Å². The average Bonchev–Trinajstić information content (AvgIpc) is 2.88. The normalized spacial score (nSPS) is 26.9. The number of fused-ring (bicyclic) bond motifs is 1. The van der Waals surface area contributed by atoms with Crippen LogP contribution in [0.25, 0.3) is 0 Å². The number of thioether (sulfide) groups is 1. The van der Waals surface area contributed by atoms with Crippen molar-refractivity contribution < 1.29 is 26.4 Å². The molecule has 1 aromatic carbocycles. The van der Waals surface area contributed by atoms with E-state index < -0.39 is 38.5 Å². The van der Waals surface area contributed by atoms with Gasteiger partial charge in [-0.15, -0.1) is 0 Å². The topological polar surface area (TPSA) is 66.8 Å². The monoisotopic (exact) mass is 412 g/mol. The van der Waals surface area contributed by atoms with Gasteiger partial charge in [0.25, 0.3) is 0 Å². The highest BCUT2D eigenvalue weighted by Crippen LogP contribution is 2.43. The van der Waals surface area contributed by atoms with Crippen LogP contribution in [0.15, 0.2) is 23.2 Å². The van der Waals surface area contributed by atoms with Crippen LogP contribution >= 0.6 is 23.4 Å². The highest BCUT2D eigenvalue weighted by atomic mass is 35.5. The Hall–Kier alpha value is -1.26. The Balaban J connectivity index is 2.10. The van der Waals surface area contributed by atoms with Crippen LogP contribution in [-0.4, -0.2) is 42.3 Å². The number of sulfone groups is 1. The molecule has 25 heavy (non-hydrogen) atoms. The molecule has 2 aliphatic rings. The third-order valence-corrected chi connectivity index (χ3v) is 7.39. The maximum Gasteiger partial charge on any atom is 0.417 e. The van der Waals surface area contributed by atoms with Crippen LogP contribution in [0.3, 0.4) is 0 Å². The fourth-order valence-electron chi connectivity index (χ4n) is 2.88. The molecule has 11 heteroatoms. The van der Waals surface area contributed by atoms with E-state index in [-0.39, 0.29) is 27.6 Å². The number of nitrogens with zero attached hydrogens (tertiary/aromatic N) is 2. The number of alkyl halides is 3. The lowest BCUT2D eigenvalue weighted by molar-refractivity contribution is -0.137. The van der Waals surface area contributed by atoms with Crippen molar-refractivity contribution >= 4 is 50.0 Å². The molecule has 1 aromatic rings. The molecule has 0 radical (unpaired) electrons. The Kier molecular flexibility index (Phi) is 4.57. The highest BCUT2D eigenvalue weighted by molar-refractivity contribution is 8.16. The maximum atomic E-state index is 13.1. The molecule has 2 heterocycles. The Morgan fingerprint density at radius 3 is 2.64 bits per heavy atom. The number of hydrogen-bond acceptors (Lipinski definition) is 4. The number of benzene rings is 1. The lowest BCUT2D eigenvalue weighted by Gasteiger charge is -2.25.